The van der Waals surface area contributed by atoms with Crippen molar-refractivity contribution in [2.45, 2.75) is 32.5 Å². The first-order valence-corrected chi connectivity index (χ1v) is 8.15. The number of pyridine rings is 2. The maximum absolute atomic E-state index is 11.7. The molecule has 0 radical (unpaired) electrons. The van der Waals surface area contributed by atoms with Crippen LogP contribution in [0, 0.1) is 12.8 Å². The van der Waals surface area contributed by atoms with E-state index in [4.69, 9.17) is 5.73 Å². The maximum Gasteiger partial charge on any atom is 0.264 e. The van der Waals surface area contributed by atoms with Crippen LogP contribution >= 0.6 is 0 Å². The van der Waals surface area contributed by atoms with Gasteiger partial charge in [0.05, 0.1) is 23.1 Å². The van der Waals surface area contributed by atoms with Gasteiger partial charge in [-0.3, -0.25) is 20.5 Å². The van der Waals surface area contributed by atoms with Crippen LogP contribution < -0.4 is 16.0 Å². The van der Waals surface area contributed by atoms with Gasteiger partial charge in [-0.2, -0.15) is 0 Å². The van der Waals surface area contributed by atoms with E-state index in [9.17, 15) is 9.90 Å². The van der Waals surface area contributed by atoms with E-state index in [0.29, 0.717) is 12.5 Å². The van der Waals surface area contributed by atoms with E-state index in [1.165, 1.54) is 0 Å². The molecule has 0 spiro atoms. The second-order valence-electron chi connectivity index (χ2n) is 6.52. The number of nitrogens with two attached hydrogens (primary N) is 1. The van der Waals surface area contributed by atoms with Crippen LogP contribution in [0.1, 0.15) is 19.0 Å². The lowest BCUT2D eigenvalue weighted by Gasteiger charge is -2.38. The Morgan fingerprint density at radius 3 is 3.00 bits per heavy atom. The number of aromatic nitrogens is 2. The highest BCUT2D eigenvalue weighted by Gasteiger charge is 2.28. The molecule has 0 aromatic carbocycles. The van der Waals surface area contributed by atoms with E-state index in [1.807, 2.05) is 25.3 Å². The molecular formula is C17H23N5O2. The molecule has 2 aromatic heterocycles. The zero-order chi connectivity index (χ0) is 17.3. The molecule has 3 rings (SSSR count). The van der Waals surface area contributed by atoms with Gasteiger partial charge in [0, 0.05) is 30.7 Å². The summed E-state index contributed by atoms with van der Waals surface area (Å²) in [7, 11) is 0. The van der Waals surface area contributed by atoms with Crippen LogP contribution in [0.4, 0.5) is 5.69 Å². The SMILES string of the molecule is Cc1ncc(N2C[C@@H](C)C[C@@H](NC(=O)[C@@H](N)O)C2)c2cccnc12. The van der Waals surface area contributed by atoms with Gasteiger partial charge in [0.15, 0.2) is 6.23 Å². The molecule has 3 atom stereocenters. The molecule has 24 heavy (non-hydrogen) atoms. The van der Waals surface area contributed by atoms with Crippen LogP contribution in [-0.2, 0) is 4.79 Å². The molecule has 0 aliphatic carbocycles. The van der Waals surface area contributed by atoms with Gasteiger partial charge in [0.25, 0.3) is 5.91 Å². The summed E-state index contributed by atoms with van der Waals surface area (Å²) < 4.78 is 0. The van der Waals surface area contributed by atoms with Crippen molar-refractivity contribution >= 4 is 22.5 Å². The minimum atomic E-state index is -1.48. The van der Waals surface area contributed by atoms with Crippen LogP contribution in [0.3, 0.4) is 0 Å². The first-order chi connectivity index (χ1) is 11.5. The quantitative estimate of drug-likeness (QED) is 0.710. The fraction of sp³-hybridized carbons (Fsp3) is 0.471. The Labute approximate surface area is 140 Å². The van der Waals surface area contributed by atoms with Crippen molar-refractivity contribution in [3.63, 3.8) is 0 Å². The molecular weight excluding hydrogens is 306 g/mol. The number of carbonyl (C=O) groups is 1. The summed E-state index contributed by atoms with van der Waals surface area (Å²) in [6.45, 7) is 5.62. The van der Waals surface area contributed by atoms with Crippen molar-refractivity contribution in [3.05, 3.63) is 30.2 Å². The van der Waals surface area contributed by atoms with Crippen molar-refractivity contribution in [1.29, 1.82) is 0 Å². The number of rotatable bonds is 3. The summed E-state index contributed by atoms with van der Waals surface area (Å²) in [5.74, 6) is -0.144. The molecule has 7 nitrogen and oxygen atoms in total. The van der Waals surface area contributed by atoms with Crippen LogP contribution in [0.25, 0.3) is 10.9 Å². The van der Waals surface area contributed by atoms with Crippen molar-refractivity contribution < 1.29 is 9.90 Å². The largest absolute Gasteiger partial charge is 0.370 e. The van der Waals surface area contributed by atoms with Crippen LogP contribution in [-0.4, -0.2) is 46.3 Å². The Morgan fingerprint density at radius 1 is 1.46 bits per heavy atom. The number of aliphatic hydroxyl groups excluding tert-OH is 1. The summed E-state index contributed by atoms with van der Waals surface area (Å²) in [6.07, 6.45) is 3.01. The molecule has 7 heteroatoms. The average molecular weight is 329 g/mol. The number of hydrogen-bond acceptors (Lipinski definition) is 6. The second-order valence-corrected chi connectivity index (χ2v) is 6.52. The van der Waals surface area contributed by atoms with Gasteiger partial charge < -0.3 is 15.3 Å². The van der Waals surface area contributed by atoms with E-state index in [0.717, 1.165) is 35.2 Å². The molecule has 1 fully saturated rings. The topological polar surface area (TPSA) is 104 Å². The van der Waals surface area contributed by atoms with Gasteiger partial charge in [0.2, 0.25) is 0 Å². The molecule has 1 amide bonds. The third kappa shape index (κ3) is 3.32. The highest BCUT2D eigenvalue weighted by Crippen LogP contribution is 2.30. The van der Waals surface area contributed by atoms with Crippen molar-refractivity contribution in [1.82, 2.24) is 15.3 Å². The number of hydrogen-bond donors (Lipinski definition) is 3. The number of amides is 1. The molecule has 0 saturated carbocycles. The standard InChI is InChI=1S/C17H23N5O2/c1-10-6-12(21-17(24)16(18)23)9-22(8-10)14-7-20-11(2)15-13(14)4-3-5-19-15/h3-5,7,10,12,16,23H,6,8-9,18H2,1-2H3,(H,21,24)/t10-,12+,16-/m0/s1. The smallest absolute Gasteiger partial charge is 0.264 e. The predicted molar refractivity (Wildman–Crippen MR) is 92.4 cm³/mol. The lowest BCUT2D eigenvalue weighted by atomic mass is 9.95. The van der Waals surface area contributed by atoms with E-state index in [-0.39, 0.29) is 6.04 Å². The predicted octanol–water partition coefficient (Wildman–Crippen LogP) is 0.546. The zero-order valence-corrected chi connectivity index (χ0v) is 13.9. The van der Waals surface area contributed by atoms with E-state index >= 15 is 0 Å². The van der Waals surface area contributed by atoms with Crippen molar-refractivity contribution in [2.75, 3.05) is 18.0 Å². The number of aryl methyl sites for hydroxylation is 1. The molecule has 3 heterocycles. The second kappa shape index (κ2) is 6.70. The number of nitrogens with zero attached hydrogens (tertiary/aromatic N) is 3. The van der Waals surface area contributed by atoms with E-state index in [2.05, 4.69) is 27.1 Å². The van der Waals surface area contributed by atoms with Gasteiger partial charge in [0.1, 0.15) is 0 Å². The zero-order valence-electron chi connectivity index (χ0n) is 13.9. The molecule has 1 saturated heterocycles. The molecule has 1 aliphatic heterocycles. The summed E-state index contributed by atoms with van der Waals surface area (Å²) in [4.78, 5) is 22.8. The van der Waals surface area contributed by atoms with Crippen molar-refractivity contribution in [3.8, 4) is 0 Å². The number of nitrogens with one attached hydrogen (secondary N) is 1. The fourth-order valence-corrected chi connectivity index (χ4v) is 3.38. The van der Waals surface area contributed by atoms with Gasteiger partial charge in [-0.1, -0.05) is 6.92 Å². The Hall–Kier alpha value is -2.25. The van der Waals surface area contributed by atoms with Crippen molar-refractivity contribution in [2.24, 2.45) is 11.7 Å². The normalized spacial score (nSPS) is 22.4. The Morgan fingerprint density at radius 2 is 2.25 bits per heavy atom. The number of aliphatic hydroxyl groups is 1. The lowest BCUT2D eigenvalue weighted by molar-refractivity contribution is -0.129. The van der Waals surface area contributed by atoms with Gasteiger partial charge in [-0.25, -0.2) is 0 Å². The lowest BCUT2D eigenvalue weighted by Crippen LogP contribution is -2.53. The summed E-state index contributed by atoms with van der Waals surface area (Å²) in [5.41, 5.74) is 8.05. The number of fused-ring (bicyclic) bond motifs is 1. The monoisotopic (exact) mass is 329 g/mol. The highest BCUT2D eigenvalue weighted by atomic mass is 16.3. The third-order valence-electron chi connectivity index (χ3n) is 4.42. The van der Waals surface area contributed by atoms with E-state index < -0.39 is 12.1 Å². The Balaban J connectivity index is 1.89. The minimum absolute atomic E-state index is 0.0625. The highest BCUT2D eigenvalue weighted by molar-refractivity contribution is 5.92. The van der Waals surface area contributed by atoms with Gasteiger partial charge >= 0.3 is 0 Å². The first kappa shape index (κ1) is 16.6. The molecule has 0 unspecified atom stereocenters. The molecule has 2 aromatic rings. The minimum Gasteiger partial charge on any atom is -0.370 e. The van der Waals surface area contributed by atoms with Crippen LogP contribution in [0.5, 0.6) is 0 Å². The summed E-state index contributed by atoms with van der Waals surface area (Å²) >= 11 is 0. The average Bonchev–Trinajstić information content (AvgIpc) is 2.54. The van der Waals surface area contributed by atoms with Gasteiger partial charge in [-0.15, -0.1) is 0 Å². The Kier molecular flexibility index (Phi) is 4.64. The summed E-state index contributed by atoms with van der Waals surface area (Å²) in [5, 5.41) is 13.1. The first-order valence-electron chi connectivity index (χ1n) is 8.15. The summed E-state index contributed by atoms with van der Waals surface area (Å²) in [6, 6.07) is 3.90. The third-order valence-corrected chi connectivity index (χ3v) is 4.42. The number of anilines is 1. The van der Waals surface area contributed by atoms with Crippen LogP contribution in [0.15, 0.2) is 24.5 Å². The number of carbonyl (C=O) groups excluding carboxylic acids is 1. The fourth-order valence-electron chi connectivity index (χ4n) is 3.38. The maximum atomic E-state index is 11.7. The van der Waals surface area contributed by atoms with E-state index in [1.54, 1.807) is 6.20 Å². The molecule has 4 N–H and O–H groups in total. The molecule has 1 aliphatic rings. The van der Waals surface area contributed by atoms with Gasteiger partial charge in [-0.05, 0) is 31.4 Å². The Bertz CT molecular complexity index is 749. The number of piperidine rings is 1. The van der Waals surface area contributed by atoms with Crippen LogP contribution in [0.2, 0.25) is 0 Å². The molecule has 128 valence electrons. The molecule has 0 bridgehead atoms.